The molecule has 0 aliphatic heterocycles. The quantitative estimate of drug-likeness (QED) is 0.302. The van der Waals surface area contributed by atoms with Crippen LogP contribution in [-0.4, -0.2) is 52.9 Å². The molecule has 1 aromatic heterocycles. The van der Waals surface area contributed by atoms with E-state index in [1.165, 1.54) is 0 Å². The zero-order valence-electron chi connectivity index (χ0n) is 26.3. The Hall–Kier alpha value is -3.66. The maximum Gasteiger partial charge on any atom is 0.329 e. The van der Waals surface area contributed by atoms with E-state index in [1.807, 2.05) is 39.8 Å². The van der Waals surface area contributed by atoms with Gasteiger partial charge in [-0.05, 0) is 81.0 Å². The lowest BCUT2D eigenvalue weighted by atomic mass is 9.75. The molecule has 6 N–H and O–H groups in total. The summed E-state index contributed by atoms with van der Waals surface area (Å²) >= 11 is 0. The number of amides is 2. The van der Waals surface area contributed by atoms with Gasteiger partial charge in [0.1, 0.15) is 12.1 Å². The molecule has 2 amide bonds. The molecule has 1 heterocycles. The Labute approximate surface area is 254 Å². The van der Waals surface area contributed by atoms with Crippen molar-refractivity contribution in [3.63, 3.8) is 0 Å². The SMILES string of the molecule is Cc1c2c(n(-c3ccc(C(N)=O)c(NC4CCC(OC(=O)[C@@H](NC(=O)CCN)C(C)C)CC4)c3)c1C)CC(C)(C)CC2=O. The first-order valence-electron chi connectivity index (χ1n) is 15.4. The van der Waals surface area contributed by atoms with Crippen LogP contribution >= 0.6 is 0 Å². The van der Waals surface area contributed by atoms with Gasteiger partial charge in [0.25, 0.3) is 5.91 Å². The molecule has 1 aromatic carbocycles. The molecule has 234 valence electrons. The number of carbonyl (C=O) groups excluding carboxylic acids is 4. The summed E-state index contributed by atoms with van der Waals surface area (Å²) in [6, 6.07) is 4.91. The molecule has 43 heavy (non-hydrogen) atoms. The van der Waals surface area contributed by atoms with Crippen LogP contribution in [0.4, 0.5) is 5.69 Å². The molecular weight excluding hydrogens is 546 g/mol. The number of Topliss-reactive ketones (excluding diaryl/α,β-unsaturated/α-hetero) is 1. The van der Waals surface area contributed by atoms with Crippen molar-refractivity contribution in [3.8, 4) is 5.69 Å². The first-order chi connectivity index (χ1) is 20.2. The molecule has 0 radical (unpaired) electrons. The number of primary amides is 1. The Morgan fingerprint density at radius 1 is 1.09 bits per heavy atom. The van der Waals surface area contributed by atoms with Crippen LogP contribution in [0.2, 0.25) is 0 Å². The average Bonchev–Trinajstić information content (AvgIpc) is 3.16. The number of hydrogen-bond donors (Lipinski definition) is 4. The minimum Gasteiger partial charge on any atom is -0.461 e. The highest BCUT2D eigenvalue weighted by molar-refractivity contribution is 6.01. The Morgan fingerprint density at radius 2 is 1.77 bits per heavy atom. The van der Waals surface area contributed by atoms with Gasteiger partial charge in [-0.2, -0.15) is 0 Å². The third-order valence-electron chi connectivity index (χ3n) is 8.83. The van der Waals surface area contributed by atoms with E-state index in [1.54, 1.807) is 6.07 Å². The fraction of sp³-hybridized carbons (Fsp3) is 0.576. The molecule has 10 heteroatoms. The molecule has 2 aromatic rings. The van der Waals surface area contributed by atoms with E-state index in [4.69, 9.17) is 16.2 Å². The van der Waals surface area contributed by atoms with Gasteiger partial charge >= 0.3 is 5.97 Å². The van der Waals surface area contributed by atoms with Gasteiger partial charge in [-0.1, -0.05) is 27.7 Å². The van der Waals surface area contributed by atoms with E-state index < -0.39 is 17.9 Å². The van der Waals surface area contributed by atoms with Gasteiger partial charge in [0.2, 0.25) is 5.91 Å². The summed E-state index contributed by atoms with van der Waals surface area (Å²) in [4.78, 5) is 50.4. The van der Waals surface area contributed by atoms with E-state index in [0.29, 0.717) is 30.5 Å². The number of nitrogens with one attached hydrogen (secondary N) is 2. The van der Waals surface area contributed by atoms with Crippen LogP contribution in [0.15, 0.2) is 18.2 Å². The minimum absolute atomic E-state index is 0.0513. The Morgan fingerprint density at radius 3 is 2.37 bits per heavy atom. The molecule has 2 aliphatic rings. The molecule has 4 rings (SSSR count). The van der Waals surface area contributed by atoms with E-state index in [0.717, 1.165) is 47.5 Å². The molecule has 0 unspecified atom stereocenters. The molecule has 0 saturated heterocycles. The van der Waals surface area contributed by atoms with Crippen LogP contribution in [0.1, 0.15) is 104 Å². The number of aromatic nitrogens is 1. The first kappa shape index (κ1) is 32.3. The summed E-state index contributed by atoms with van der Waals surface area (Å²) in [5.74, 6) is -1.16. The van der Waals surface area contributed by atoms with Gasteiger partial charge in [0, 0.05) is 53.8 Å². The predicted octanol–water partition coefficient (Wildman–Crippen LogP) is 4.10. The Bertz CT molecular complexity index is 1400. The summed E-state index contributed by atoms with van der Waals surface area (Å²) in [7, 11) is 0. The van der Waals surface area contributed by atoms with Crippen LogP contribution in [-0.2, 0) is 20.7 Å². The van der Waals surface area contributed by atoms with Crippen LogP contribution in [0.5, 0.6) is 0 Å². The number of fused-ring (bicyclic) bond motifs is 1. The van der Waals surface area contributed by atoms with Crippen molar-refractivity contribution in [2.45, 2.75) is 105 Å². The second-order valence-electron chi connectivity index (χ2n) is 13.3. The summed E-state index contributed by atoms with van der Waals surface area (Å²) in [5.41, 5.74) is 16.8. The maximum absolute atomic E-state index is 13.1. The number of anilines is 1. The lowest BCUT2D eigenvalue weighted by Gasteiger charge is -2.32. The largest absolute Gasteiger partial charge is 0.461 e. The van der Waals surface area contributed by atoms with Crippen molar-refractivity contribution in [3.05, 3.63) is 46.3 Å². The lowest BCUT2D eigenvalue weighted by Crippen LogP contribution is -2.47. The maximum atomic E-state index is 13.1. The molecule has 1 atom stereocenters. The monoisotopic (exact) mass is 593 g/mol. The van der Waals surface area contributed by atoms with E-state index in [-0.39, 0.29) is 48.1 Å². The fourth-order valence-corrected chi connectivity index (χ4v) is 6.47. The number of esters is 1. The Balaban J connectivity index is 1.49. The van der Waals surface area contributed by atoms with Crippen molar-refractivity contribution in [2.75, 3.05) is 11.9 Å². The normalized spacial score (nSPS) is 20.3. The number of benzene rings is 1. The van der Waals surface area contributed by atoms with Crippen molar-refractivity contribution >= 4 is 29.3 Å². The number of nitrogens with two attached hydrogens (primary N) is 2. The van der Waals surface area contributed by atoms with Gasteiger partial charge in [-0.3, -0.25) is 14.4 Å². The first-order valence-corrected chi connectivity index (χ1v) is 15.4. The second kappa shape index (κ2) is 12.9. The van der Waals surface area contributed by atoms with E-state index in [9.17, 15) is 19.2 Å². The lowest BCUT2D eigenvalue weighted by molar-refractivity contribution is -0.155. The van der Waals surface area contributed by atoms with Gasteiger partial charge in [-0.25, -0.2) is 4.79 Å². The molecule has 1 saturated carbocycles. The summed E-state index contributed by atoms with van der Waals surface area (Å²) < 4.78 is 7.95. The second-order valence-corrected chi connectivity index (χ2v) is 13.3. The summed E-state index contributed by atoms with van der Waals surface area (Å²) in [6.45, 7) is 12.2. The van der Waals surface area contributed by atoms with E-state index in [2.05, 4.69) is 29.0 Å². The van der Waals surface area contributed by atoms with Gasteiger partial charge < -0.3 is 31.4 Å². The molecule has 0 bridgehead atoms. The zero-order chi connectivity index (χ0) is 31.6. The molecule has 1 fully saturated rings. The van der Waals surface area contributed by atoms with Gasteiger partial charge in [0.05, 0.1) is 5.56 Å². The molecular formula is C33H47N5O5. The molecule has 10 nitrogen and oxygen atoms in total. The van der Waals surface area contributed by atoms with Crippen molar-refractivity contribution in [2.24, 2.45) is 22.8 Å². The van der Waals surface area contributed by atoms with Crippen molar-refractivity contribution < 1.29 is 23.9 Å². The van der Waals surface area contributed by atoms with Crippen LogP contribution < -0.4 is 22.1 Å². The number of ketones is 1. The van der Waals surface area contributed by atoms with Crippen LogP contribution in [0, 0.1) is 25.2 Å². The molecule has 0 spiro atoms. The smallest absolute Gasteiger partial charge is 0.329 e. The van der Waals surface area contributed by atoms with Crippen LogP contribution in [0.25, 0.3) is 5.69 Å². The predicted molar refractivity (Wildman–Crippen MR) is 166 cm³/mol. The number of rotatable bonds is 10. The highest BCUT2D eigenvalue weighted by Gasteiger charge is 2.36. The zero-order valence-corrected chi connectivity index (χ0v) is 26.3. The van der Waals surface area contributed by atoms with Gasteiger partial charge in [-0.15, -0.1) is 0 Å². The van der Waals surface area contributed by atoms with Crippen molar-refractivity contribution in [1.29, 1.82) is 0 Å². The highest BCUT2D eigenvalue weighted by Crippen LogP contribution is 2.40. The number of hydrogen-bond acceptors (Lipinski definition) is 7. The number of carbonyl (C=O) groups is 4. The topological polar surface area (TPSA) is 159 Å². The summed E-state index contributed by atoms with van der Waals surface area (Å²) in [5, 5.41) is 6.28. The van der Waals surface area contributed by atoms with Crippen molar-refractivity contribution in [1.82, 2.24) is 9.88 Å². The molecule has 2 aliphatic carbocycles. The fourth-order valence-electron chi connectivity index (χ4n) is 6.47. The Kier molecular flexibility index (Phi) is 9.69. The third-order valence-corrected chi connectivity index (χ3v) is 8.83. The van der Waals surface area contributed by atoms with E-state index >= 15 is 0 Å². The number of ether oxygens (including phenoxy) is 1. The highest BCUT2D eigenvalue weighted by atomic mass is 16.5. The third kappa shape index (κ3) is 7.12. The number of nitrogens with zero attached hydrogens (tertiary/aromatic N) is 1. The summed E-state index contributed by atoms with van der Waals surface area (Å²) in [6.07, 6.45) is 3.96. The standard InChI is InChI=1S/C33H47N5O5/c1-18(2)30(37-28(40)13-14-34)32(42)43-23-10-7-21(8-11-23)36-25-15-22(9-12-24(25)31(35)41)38-20(4)19(3)29-26(38)16-33(5,6)17-27(29)39/h9,12,15,18,21,23,30,36H,7-8,10-11,13-14,16-17,34H2,1-6H3,(H2,35,41)(H,37,40)/t21?,23?,30-/m0/s1. The minimum atomic E-state index is -0.719. The van der Waals surface area contributed by atoms with Crippen LogP contribution in [0.3, 0.4) is 0 Å². The van der Waals surface area contributed by atoms with Gasteiger partial charge in [0.15, 0.2) is 5.78 Å². The average molecular weight is 594 g/mol.